The molecule has 15 heavy (non-hydrogen) atoms. The van der Waals surface area contributed by atoms with E-state index in [0.717, 1.165) is 0 Å². The molecule has 0 heterocycles. The van der Waals surface area contributed by atoms with Crippen LogP contribution in [0.3, 0.4) is 0 Å². The number of nitrogens with one attached hydrogen (secondary N) is 1. The number of carbonyl (C=O) groups excluding carboxylic acids is 1. The first kappa shape index (κ1) is 14.1. The number of rotatable bonds is 8. The highest BCUT2D eigenvalue weighted by Gasteiger charge is 2.31. The second kappa shape index (κ2) is 7.39. The van der Waals surface area contributed by atoms with Crippen LogP contribution in [-0.4, -0.2) is 52.6 Å². The quantitative estimate of drug-likeness (QED) is 0.580. The van der Waals surface area contributed by atoms with E-state index in [1.165, 1.54) is 6.08 Å². The second-order valence-corrected chi connectivity index (χ2v) is 3.27. The van der Waals surface area contributed by atoms with Crippen molar-refractivity contribution in [1.29, 1.82) is 0 Å². The Morgan fingerprint density at radius 2 is 1.60 bits per heavy atom. The van der Waals surface area contributed by atoms with Crippen molar-refractivity contribution < 1.29 is 19.0 Å². The highest BCUT2D eigenvalue weighted by molar-refractivity contribution is 5.87. The lowest BCUT2D eigenvalue weighted by Crippen LogP contribution is -2.57. The maximum absolute atomic E-state index is 11.3. The summed E-state index contributed by atoms with van der Waals surface area (Å²) in [6, 6.07) is 0. The van der Waals surface area contributed by atoms with Crippen molar-refractivity contribution in [3.05, 3.63) is 12.7 Å². The van der Waals surface area contributed by atoms with Gasteiger partial charge in [-0.15, -0.1) is 0 Å². The summed E-state index contributed by atoms with van der Waals surface area (Å²) in [7, 11) is 4.67. The first-order chi connectivity index (χ1) is 7.14. The molecule has 0 aromatic rings. The van der Waals surface area contributed by atoms with Crippen molar-refractivity contribution in [3.63, 3.8) is 0 Å². The molecule has 0 aliphatic carbocycles. The Morgan fingerprint density at radius 1 is 1.20 bits per heavy atom. The van der Waals surface area contributed by atoms with E-state index in [-0.39, 0.29) is 5.91 Å². The Hall–Kier alpha value is -0.910. The summed E-state index contributed by atoms with van der Waals surface area (Å²) >= 11 is 0. The Kier molecular flexibility index (Phi) is 6.94. The van der Waals surface area contributed by atoms with Gasteiger partial charge in [-0.1, -0.05) is 6.58 Å². The largest absolute Gasteiger partial charge is 0.382 e. The monoisotopic (exact) mass is 217 g/mol. The van der Waals surface area contributed by atoms with E-state index >= 15 is 0 Å². The van der Waals surface area contributed by atoms with Crippen molar-refractivity contribution in [2.75, 3.05) is 41.2 Å². The highest BCUT2D eigenvalue weighted by Crippen LogP contribution is 2.07. The molecule has 88 valence electrons. The third-order valence-corrected chi connectivity index (χ3v) is 1.84. The fourth-order valence-electron chi connectivity index (χ4n) is 1.37. The van der Waals surface area contributed by atoms with Crippen LogP contribution in [-0.2, 0) is 19.0 Å². The van der Waals surface area contributed by atoms with Crippen LogP contribution in [0.15, 0.2) is 12.7 Å². The molecule has 0 unspecified atom stereocenters. The molecule has 0 saturated heterocycles. The zero-order chi connectivity index (χ0) is 11.7. The van der Waals surface area contributed by atoms with Crippen LogP contribution in [0.5, 0.6) is 0 Å². The molecule has 0 spiro atoms. The number of methoxy groups -OCH3 is 3. The summed E-state index contributed by atoms with van der Waals surface area (Å²) in [5.41, 5.74) is -0.663. The summed E-state index contributed by atoms with van der Waals surface area (Å²) in [4.78, 5) is 11.3. The number of ether oxygens (including phenoxy) is 3. The molecule has 0 aromatic carbocycles. The smallest absolute Gasteiger partial charge is 0.244 e. The minimum absolute atomic E-state index is 0.277. The first-order valence-corrected chi connectivity index (χ1v) is 4.55. The molecular weight excluding hydrogens is 198 g/mol. The number of hydrogen-bond acceptors (Lipinski definition) is 4. The number of carbonyl (C=O) groups is 1. The van der Waals surface area contributed by atoms with Gasteiger partial charge in [0, 0.05) is 21.3 Å². The van der Waals surface area contributed by atoms with Crippen molar-refractivity contribution in [3.8, 4) is 0 Å². The van der Waals surface area contributed by atoms with Gasteiger partial charge in [0.25, 0.3) is 0 Å². The van der Waals surface area contributed by atoms with E-state index in [2.05, 4.69) is 11.9 Å². The van der Waals surface area contributed by atoms with Crippen molar-refractivity contribution >= 4 is 5.91 Å². The molecule has 5 nitrogen and oxygen atoms in total. The molecule has 0 atom stereocenters. The summed E-state index contributed by atoms with van der Waals surface area (Å²) in [6.07, 6.45) is 1.20. The molecule has 5 heteroatoms. The lowest BCUT2D eigenvalue weighted by atomic mass is 10.0. The second-order valence-electron chi connectivity index (χ2n) is 3.27. The molecule has 0 saturated carbocycles. The zero-order valence-corrected chi connectivity index (χ0v) is 9.54. The Balaban J connectivity index is 4.58. The number of hydrogen-bond donors (Lipinski definition) is 1. The van der Waals surface area contributed by atoms with Crippen LogP contribution < -0.4 is 5.32 Å². The summed E-state index contributed by atoms with van der Waals surface area (Å²) in [5, 5.41) is 2.75. The van der Waals surface area contributed by atoms with Crippen molar-refractivity contribution in [2.45, 2.75) is 5.54 Å². The summed E-state index contributed by atoms with van der Waals surface area (Å²) < 4.78 is 15.1. The van der Waals surface area contributed by atoms with Gasteiger partial charge in [-0.2, -0.15) is 0 Å². The SMILES string of the molecule is C=CC(=O)NC(COC)(COC)COC. The Bertz CT molecular complexity index is 189. The maximum atomic E-state index is 11.3. The molecule has 0 radical (unpaired) electrons. The number of amides is 1. The van der Waals surface area contributed by atoms with E-state index in [0.29, 0.717) is 19.8 Å². The normalized spacial score (nSPS) is 11.1. The Morgan fingerprint density at radius 3 is 1.87 bits per heavy atom. The van der Waals surface area contributed by atoms with Gasteiger partial charge in [0.15, 0.2) is 0 Å². The minimum atomic E-state index is -0.663. The molecule has 0 fully saturated rings. The van der Waals surface area contributed by atoms with Crippen molar-refractivity contribution in [1.82, 2.24) is 5.32 Å². The van der Waals surface area contributed by atoms with Gasteiger partial charge in [-0.25, -0.2) is 0 Å². The van der Waals surface area contributed by atoms with Gasteiger partial charge in [0.05, 0.1) is 19.8 Å². The molecule has 1 amide bonds. The summed E-state index contributed by atoms with van der Waals surface area (Å²) in [5.74, 6) is -0.277. The third kappa shape index (κ3) is 4.92. The van der Waals surface area contributed by atoms with Gasteiger partial charge in [-0.05, 0) is 6.08 Å². The van der Waals surface area contributed by atoms with E-state index in [1.54, 1.807) is 21.3 Å². The van der Waals surface area contributed by atoms with Crippen LogP contribution in [0.1, 0.15) is 0 Å². The van der Waals surface area contributed by atoms with Gasteiger partial charge in [0.1, 0.15) is 5.54 Å². The van der Waals surface area contributed by atoms with Gasteiger partial charge >= 0.3 is 0 Å². The average Bonchev–Trinajstić information content (AvgIpc) is 2.18. The lowest BCUT2D eigenvalue weighted by Gasteiger charge is -2.32. The molecule has 0 bridgehead atoms. The van der Waals surface area contributed by atoms with Gasteiger partial charge < -0.3 is 19.5 Å². The fourth-order valence-corrected chi connectivity index (χ4v) is 1.37. The molecule has 0 aromatic heterocycles. The summed E-state index contributed by atoms with van der Waals surface area (Å²) in [6.45, 7) is 4.33. The first-order valence-electron chi connectivity index (χ1n) is 4.55. The fraction of sp³-hybridized carbons (Fsp3) is 0.700. The third-order valence-electron chi connectivity index (χ3n) is 1.84. The van der Waals surface area contributed by atoms with E-state index < -0.39 is 5.54 Å². The maximum Gasteiger partial charge on any atom is 0.244 e. The van der Waals surface area contributed by atoms with Gasteiger partial charge in [0.2, 0.25) is 5.91 Å². The molecule has 0 aliphatic heterocycles. The van der Waals surface area contributed by atoms with Crippen LogP contribution in [0.4, 0.5) is 0 Å². The Labute approximate surface area is 90.4 Å². The van der Waals surface area contributed by atoms with E-state index in [1.807, 2.05) is 0 Å². The highest BCUT2D eigenvalue weighted by atomic mass is 16.5. The molecule has 0 rings (SSSR count). The van der Waals surface area contributed by atoms with E-state index in [4.69, 9.17) is 14.2 Å². The predicted octanol–water partition coefficient (Wildman–Crippen LogP) is -0.0334. The average molecular weight is 217 g/mol. The molecule has 1 N–H and O–H groups in total. The van der Waals surface area contributed by atoms with Crippen LogP contribution in [0.2, 0.25) is 0 Å². The van der Waals surface area contributed by atoms with Crippen LogP contribution in [0, 0.1) is 0 Å². The predicted molar refractivity (Wildman–Crippen MR) is 56.7 cm³/mol. The molecular formula is C10H19NO4. The van der Waals surface area contributed by atoms with Crippen LogP contribution >= 0.6 is 0 Å². The van der Waals surface area contributed by atoms with Crippen LogP contribution in [0.25, 0.3) is 0 Å². The minimum Gasteiger partial charge on any atom is -0.382 e. The topological polar surface area (TPSA) is 56.8 Å². The van der Waals surface area contributed by atoms with Gasteiger partial charge in [-0.3, -0.25) is 4.79 Å². The standard InChI is InChI=1S/C10H19NO4/c1-5-9(12)11-10(6-13-2,7-14-3)8-15-4/h5H,1,6-8H2,2-4H3,(H,11,12). The lowest BCUT2D eigenvalue weighted by molar-refractivity contribution is -0.121. The van der Waals surface area contributed by atoms with E-state index in [9.17, 15) is 4.79 Å². The zero-order valence-electron chi connectivity index (χ0n) is 9.54. The molecule has 0 aliphatic rings. The van der Waals surface area contributed by atoms with Crippen molar-refractivity contribution in [2.24, 2.45) is 0 Å².